The molecule has 0 radical (unpaired) electrons. The number of benzene rings is 2. The molecule has 2 rings (SSSR count). The largest absolute Gasteiger partial charge is 0.326 e. The van der Waals surface area contributed by atoms with Gasteiger partial charge in [0, 0.05) is 35.8 Å². The van der Waals surface area contributed by atoms with E-state index in [0.29, 0.717) is 31.0 Å². The summed E-state index contributed by atoms with van der Waals surface area (Å²) in [4.78, 5) is 13.1. The maximum absolute atomic E-state index is 12.9. The first kappa shape index (κ1) is 21.4. The van der Waals surface area contributed by atoms with Gasteiger partial charge in [-0.3, -0.25) is 4.79 Å². The molecule has 0 aliphatic heterocycles. The third kappa shape index (κ3) is 6.05. The number of thioether (sulfide) groups is 1. The van der Waals surface area contributed by atoms with E-state index in [9.17, 15) is 17.6 Å². The van der Waals surface area contributed by atoms with E-state index < -0.39 is 10.0 Å². The van der Waals surface area contributed by atoms with Crippen molar-refractivity contribution >= 4 is 33.4 Å². The van der Waals surface area contributed by atoms with E-state index in [-0.39, 0.29) is 16.6 Å². The summed E-state index contributed by atoms with van der Waals surface area (Å²) in [6, 6.07) is 12.3. The summed E-state index contributed by atoms with van der Waals surface area (Å²) in [6.45, 7) is 4.39. The summed E-state index contributed by atoms with van der Waals surface area (Å²) < 4.78 is 39.1. The number of rotatable bonds is 9. The van der Waals surface area contributed by atoms with Crippen molar-refractivity contribution in [2.75, 3.05) is 24.2 Å². The molecule has 146 valence electrons. The highest BCUT2D eigenvalue weighted by Crippen LogP contribution is 2.20. The Morgan fingerprint density at radius 3 is 2.19 bits per heavy atom. The van der Waals surface area contributed by atoms with Crippen molar-refractivity contribution < 1.29 is 17.6 Å². The van der Waals surface area contributed by atoms with Crippen LogP contribution >= 0.6 is 11.8 Å². The molecule has 0 atom stereocenters. The SMILES string of the molecule is CCN(CC)S(=O)(=O)c1ccc(NC(=O)CCSc2ccc(F)cc2)cc1. The minimum absolute atomic E-state index is 0.163. The minimum atomic E-state index is -3.50. The number of anilines is 1. The van der Waals surface area contributed by atoms with Crippen LogP contribution in [0.15, 0.2) is 58.3 Å². The molecule has 8 heteroatoms. The smallest absolute Gasteiger partial charge is 0.243 e. The number of hydrogen-bond donors (Lipinski definition) is 1. The monoisotopic (exact) mass is 410 g/mol. The topological polar surface area (TPSA) is 66.5 Å². The van der Waals surface area contributed by atoms with Crippen LogP contribution in [0.5, 0.6) is 0 Å². The van der Waals surface area contributed by atoms with Gasteiger partial charge in [-0.05, 0) is 48.5 Å². The number of carbonyl (C=O) groups excluding carboxylic acids is 1. The molecular weight excluding hydrogens is 387 g/mol. The highest BCUT2D eigenvalue weighted by Gasteiger charge is 2.21. The van der Waals surface area contributed by atoms with Gasteiger partial charge < -0.3 is 5.32 Å². The molecule has 0 unspecified atom stereocenters. The quantitative estimate of drug-likeness (QED) is 0.635. The van der Waals surface area contributed by atoms with Crippen molar-refractivity contribution in [1.82, 2.24) is 4.31 Å². The summed E-state index contributed by atoms with van der Waals surface area (Å²) in [5, 5.41) is 2.75. The molecule has 1 N–H and O–H groups in total. The third-order valence-electron chi connectivity index (χ3n) is 3.89. The Balaban J connectivity index is 1.88. The first-order valence-electron chi connectivity index (χ1n) is 8.65. The zero-order chi connectivity index (χ0) is 19.9. The standard InChI is InChI=1S/C19H23FN2O3S2/c1-3-22(4-2)27(24,25)18-11-7-16(8-12-18)21-19(23)13-14-26-17-9-5-15(20)6-10-17/h5-12H,3-4,13-14H2,1-2H3,(H,21,23). The van der Waals surface area contributed by atoms with E-state index in [1.807, 2.05) is 0 Å². The molecule has 0 aromatic heterocycles. The van der Waals surface area contributed by atoms with Crippen LogP contribution in [0.1, 0.15) is 20.3 Å². The van der Waals surface area contributed by atoms with E-state index in [2.05, 4.69) is 5.32 Å². The van der Waals surface area contributed by atoms with Gasteiger partial charge in [-0.2, -0.15) is 4.31 Å². The maximum atomic E-state index is 12.9. The summed E-state index contributed by atoms with van der Waals surface area (Å²) in [6.07, 6.45) is 0.293. The normalized spacial score (nSPS) is 11.6. The average Bonchev–Trinajstić information content (AvgIpc) is 2.64. The van der Waals surface area contributed by atoms with Crippen molar-refractivity contribution in [3.63, 3.8) is 0 Å². The molecule has 1 amide bonds. The fourth-order valence-electron chi connectivity index (χ4n) is 2.44. The van der Waals surface area contributed by atoms with Crippen molar-refractivity contribution in [3.05, 3.63) is 54.3 Å². The van der Waals surface area contributed by atoms with E-state index in [1.165, 1.54) is 40.3 Å². The van der Waals surface area contributed by atoms with Crippen LogP contribution in [0.4, 0.5) is 10.1 Å². The van der Waals surface area contributed by atoms with Gasteiger partial charge in [0.2, 0.25) is 15.9 Å². The van der Waals surface area contributed by atoms with Gasteiger partial charge in [-0.1, -0.05) is 13.8 Å². The second-order valence-electron chi connectivity index (χ2n) is 5.71. The Kier molecular flexibility index (Phi) is 7.82. The number of carbonyl (C=O) groups is 1. The fourth-order valence-corrected chi connectivity index (χ4v) is 4.75. The molecule has 5 nitrogen and oxygen atoms in total. The summed E-state index contributed by atoms with van der Waals surface area (Å²) in [5.74, 6) is 0.110. The van der Waals surface area contributed by atoms with Crippen molar-refractivity contribution in [2.45, 2.75) is 30.1 Å². The van der Waals surface area contributed by atoms with Crippen molar-refractivity contribution in [2.24, 2.45) is 0 Å². The van der Waals surface area contributed by atoms with Crippen LogP contribution in [-0.2, 0) is 14.8 Å². The minimum Gasteiger partial charge on any atom is -0.326 e. The second-order valence-corrected chi connectivity index (χ2v) is 8.82. The Morgan fingerprint density at radius 1 is 1.04 bits per heavy atom. The van der Waals surface area contributed by atoms with Crippen molar-refractivity contribution in [1.29, 1.82) is 0 Å². The van der Waals surface area contributed by atoms with Crippen LogP contribution in [0, 0.1) is 5.82 Å². The first-order chi connectivity index (χ1) is 12.9. The Hall–Kier alpha value is -1.90. The number of amides is 1. The lowest BCUT2D eigenvalue weighted by Gasteiger charge is -2.18. The first-order valence-corrected chi connectivity index (χ1v) is 11.1. The van der Waals surface area contributed by atoms with Crippen LogP contribution in [0.25, 0.3) is 0 Å². The van der Waals surface area contributed by atoms with Crippen molar-refractivity contribution in [3.8, 4) is 0 Å². The third-order valence-corrected chi connectivity index (χ3v) is 6.97. The summed E-state index contributed by atoms with van der Waals surface area (Å²) in [7, 11) is -3.50. The molecule has 0 aliphatic rings. The molecule has 0 heterocycles. The van der Waals surface area contributed by atoms with Gasteiger partial charge in [0.25, 0.3) is 0 Å². The van der Waals surface area contributed by atoms with Crippen LogP contribution in [0.2, 0.25) is 0 Å². The zero-order valence-electron chi connectivity index (χ0n) is 15.3. The molecule has 27 heavy (non-hydrogen) atoms. The Bertz CT molecular complexity index is 850. The molecule has 2 aromatic rings. The molecule has 0 fully saturated rings. The highest BCUT2D eigenvalue weighted by atomic mass is 32.2. The second kappa shape index (κ2) is 9.87. The fraction of sp³-hybridized carbons (Fsp3) is 0.316. The zero-order valence-corrected chi connectivity index (χ0v) is 16.9. The van der Waals surface area contributed by atoms with Gasteiger partial charge in [-0.25, -0.2) is 12.8 Å². The van der Waals surface area contributed by atoms with E-state index in [4.69, 9.17) is 0 Å². The lowest BCUT2D eigenvalue weighted by atomic mass is 10.3. The Morgan fingerprint density at radius 2 is 1.63 bits per heavy atom. The summed E-state index contributed by atoms with van der Waals surface area (Å²) >= 11 is 1.47. The van der Waals surface area contributed by atoms with Crippen LogP contribution in [-0.4, -0.2) is 37.5 Å². The number of sulfonamides is 1. The number of nitrogens with one attached hydrogen (secondary N) is 1. The number of halogens is 1. The molecule has 0 saturated heterocycles. The van der Waals surface area contributed by atoms with Gasteiger partial charge in [0.1, 0.15) is 5.82 Å². The highest BCUT2D eigenvalue weighted by molar-refractivity contribution is 7.99. The van der Waals surface area contributed by atoms with E-state index in [1.54, 1.807) is 38.1 Å². The molecule has 0 saturated carbocycles. The van der Waals surface area contributed by atoms with Crippen LogP contribution < -0.4 is 5.32 Å². The molecule has 2 aromatic carbocycles. The lowest BCUT2D eigenvalue weighted by molar-refractivity contribution is -0.115. The molecule has 0 aliphatic carbocycles. The molecule has 0 spiro atoms. The average molecular weight is 411 g/mol. The van der Waals surface area contributed by atoms with Gasteiger partial charge in [-0.15, -0.1) is 11.8 Å². The van der Waals surface area contributed by atoms with E-state index in [0.717, 1.165) is 4.90 Å². The number of hydrogen-bond acceptors (Lipinski definition) is 4. The van der Waals surface area contributed by atoms with Gasteiger partial charge in [0.05, 0.1) is 4.90 Å². The van der Waals surface area contributed by atoms with Gasteiger partial charge >= 0.3 is 0 Å². The van der Waals surface area contributed by atoms with E-state index >= 15 is 0 Å². The molecular formula is C19H23FN2O3S2. The maximum Gasteiger partial charge on any atom is 0.243 e. The molecule has 0 bridgehead atoms. The van der Waals surface area contributed by atoms with Gasteiger partial charge in [0.15, 0.2) is 0 Å². The lowest BCUT2D eigenvalue weighted by Crippen LogP contribution is -2.30. The number of nitrogens with zero attached hydrogens (tertiary/aromatic N) is 1. The van der Waals surface area contributed by atoms with Crippen LogP contribution in [0.3, 0.4) is 0 Å². The predicted octanol–water partition coefficient (Wildman–Crippen LogP) is 3.98. The Labute approximate surface area is 164 Å². The predicted molar refractivity (Wildman–Crippen MR) is 107 cm³/mol. The summed E-state index contributed by atoms with van der Waals surface area (Å²) in [5.41, 5.74) is 0.547.